The van der Waals surface area contributed by atoms with Gasteiger partial charge >= 0.3 is 0 Å². The van der Waals surface area contributed by atoms with E-state index in [-0.39, 0.29) is 17.0 Å². The van der Waals surface area contributed by atoms with Crippen molar-refractivity contribution in [3.8, 4) is 5.88 Å². The average molecular weight is 298 g/mol. The Kier molecular flexibility index (Phi) is 4.34. The number of rotatable bonds is 4. The maximum atomic E-state index is 12.1. The van der Waals surface area contributed by atoms with Crippen molar-refractivity contribution in [1.82, 2.24) is 9.97 Å². The van der Waals surface area contributed by atoms with Crippen molar-refractivity contribution in [2.24, 2.45) is 0 Å². The van der Waals surface area contributed by atoms with E-state index in [1.165, 1.54) is 24.5 Å². The molecule has 0 unspecified atom stereocenters. The maximum absolute atomic E-state index is 12.1. The topological polar surface area (TPSA) is 64.1 Å². The van der Waals surface area contributed by atoms with Gasteiger partial charge in [0.2, 0.25) is 11.8 Å². The SMILES string of the molecule is CCc1ccsc1C(=O)Nc1nc(Cl)cc(OC)n1. The Morgan fingerprint density at radius 2 is 2.32 bits per heavy atom. The summed E-state index contributed by atoms with van der Waals surface area (Å²) in [5.41, 5.74) is 0.997. The molecule has 2 aromatic heterocycles. The maximum Gasteiger partial charge on any atom is 0.268 e. The average Bonchev–Trinajstić information content (AvgIpc) is 2.86. The first kappa shape index (κ1) is 13.8. The largest absolute Gasteiger partial charge is 0.481 e. The van der Waals surface area contributed by atoms with Crippen molar-refractivity contribution >= 4 is 34.8 Å². The molecule has 100 valence electrons. The lowest BCUT2D eigenvalue weighted by Gasteiger charge is -2.06. The lowest BCUT2D eigenvalue weighted by atomic mass is 10.2. The quantitative estimate of drug-likeness (QED) is 0.881. The van der Waals surface area contributed by atoms with Gasteiger partial charge in [-0.05, 0) is 23.4 Å². The van der Waals surface area contributed by atoms with Crippen molar-refractivity contribution in [2.75, 3.05) is 12.4 Å². The first-order valence-electron chi connectivity index (χ1n) is 5.60. The summed E-state index contributed by atoms with van der Waals surface area (Å²) in [4.78, 5) is 20.7. The minimum atomic E-state index is -0.240. The third-order valence-electron chi connectivity index (χ3n) is 2.44. The Morgan fingerprint density at radius 1 is 1.53 bits per heavy atom. The van der Waals surface area contributed by atoms with Crippen molar-refractivity contribution in [3.63, 3.8) is 0 Å². The number of hydrogen-bond donors (Lipinski definition) is 1. The van der Waals surface area contributed by atoms with Crippen LogP contribution in [-0.2, 0) is 6.42 Å². The molecule has 0 spiro atoms. The van der Waals surface area contributed by atoms with Crippen LogP contribution in [0.3, 0.4) is 0 Å². The van der Waals surface area contributed by atoms with E-state index in [9.17, 15) is 4.79 Å². The van der Waals surface area contributed by atoms with Crippen LogP contribution >= 0.6 is 22.9 Å². The first-order chi connectivity index (χ1) is 9.13. The van der Waals surface area contributed by atoms with Gasteiger partial charge in [-0.1, -0.05) is 18.5 Å². The third-order valence-corrected chi connectivity index (χ3v) is 3.59. The number of nitrogens with one attached hydrogen (secondary N) is 1. The van der Waals surface area contributed by atoms with E-state index in [4.69, 9.17) is 16.3 Å². The van der Waals surface area contributed by atoms with Crippen molar-refractivity contribution in [1.29, 1.82) is 0 Å². The van der Waals surface area contributed by atoms with Crippen LogP contribution < -0.4 is 10.1 Å². The highest BCUT2D eigenvalue weighted by atomic mass is 35.5. The number of ether oxygens (including phenoxy) is 1. The van der Waals surface area contributed by atoms with Gasteiger partial charge in [0, 0.05) is 6.07 Å². The van der Waals surface area contributed by atoms with Crippen LogP contribution in [0.25, 0.3) is 0 Å². The van der Waals surface area contributed by atoms with Crippen LogP contribution in [-0.4, -0.2) is 23.0 Å². The molecule has 0 radical (unpaired) electrons. The number of methoxy groups -OCH3 is 1. The van der Waals surface area contributed by atoms with Gasteiger partial charge in [0.05, 0.1) is 12.0 Å². The third kappa shape index (κ3) is 3.21. The number of halogens is 1. The number of carbonyl (C=O) groups excluding carboxylic acids is 1. The van der Waals surface area contributed by atoms with E-state index in [1.807, 2.05) is 18.4 Å². The Morgan fingerprint density at radius 3 is 3.00 bits per heavy atom. The Hall–Kier alpha value is -1.66. The monoisotopic (exact) mass is 297 g/mol. The molecular weight excluding hydrogens is 286 g/mol. The molecular formula is C12H12ClN3O2S. The van der Waals surface area contributed by atoms with Gasteiger partial charge in [-0.25, -0.2) is 4.98 Å². The second kappa shape index (κ2) is 5.99. The molecule has 0 aliphatic carbocycles. The molecule has 2 rings (SSSR count). The molecule has 0 saturated heterocycles. The molecule has 19 heavy (non-hydrogen) atoms. The Bertz CT molecular complexity index is 600. The number of aryl methyl sites for hydroxylation is 1. The van der Waals surface area contributed by atoms with Gasteiger partial charge in [-0.15, -0.1) is 11.3 Å². The smallest absolute Gasteiger partial charge is 0.268 e. The summed E-state index contributed by atoms with van der Waals surface area (Å²) in [6.45, 7) is 2.00. The second-order valence-electron chi connectivity index (χ2n) is 3.64. The summed E-state index contributed by atoms with van der Waals surface area (Å²) in [5.74, 6) is 0.193. The molecule has 0 fully saturated rings. The lowest BCUT2D eigenvalue weighted by molar-refractivity contribution is 0.102. The molecule has 7 heteroatoms. The molecule has 0 aromatic carbocycles. The zero-order chi connectivity index (χ0) is 13.8. The minimum Gasteiger partial charge on any atom is -0.481 e. The number of aromatic nitrogens is 2. The normalized spacial score (nSPS) is 10.3. The van der Waals surface area contributed by atoms with Gasteiger partial charge in [0.1, 0.15) is 5.15 Å². The van der Waals surface area contributed by atoms with Crippen LogP contribution in [0.4, 0.5) is 5.95 Å². The summed E-state index contributed by atoms with van der Waals surface area (Å²) in [7, 11) is 1.47. The van der Waals surface area contributed by atoms with Gasteiger partial charge in [0.25, 0.3) is 5.91 Å². The predicted molar refractivity (Wildman–Crippen MR) is 75.2 cm³/mol. The van der Waals surface area contributed by atoms with E-state index >= 15 is 0 Å². The van der Waals surface area contributed by atoms with Gasteiger partial charge in [-0.2, -0.15) is 4.98 Å². The molecule has 0 aliphatic rings. The number of thiophene rings is 1. The van der Waals surface area contributed by atoms with E-state index in [0.29, 0.717) is 10.8 Å². The van der Waals surface area contributed by atoms with Crippen LogP contribution in [0, 0.1) is 0 Å². The van der Waals surface area contributed by atoms with E-state index < -0.39 is 0 Å². The highest BCUT2D eigenvalue weighted by Gasteiger charge is 2.14. The first-order valence-corrected chi connectivity index (χ1v) is 6.86. The molecule has 2 aromatic rings. The van der Waals surface area contributed by atoms with Crippen molar-refractivity contribution in [3.05, 3.63) is 33.1 Å². The fourth-order valence-electron chi connectivity index (χ4n) is 1.53. The number of amides is 1. The number of anilines is 1. The van der Waals surface area contributed by atoms with Gasteiger partial charge in [0.15, 0.2) is 0 Å². The summed E-state index contributed by atoms with van der Waals surface area (Å²) >= 11 is 7.20. The molecule has 0 saturated carbocycles. The van der Waals surface area contributed by atoms with Crippen LogP contribution in [0.2, 0.25) is 5.15 Å². The fourth-order valence-corrected chi connectivity index (χ4v) is 2.59. The van der Waals surface area contributed by atoms with Crippen LogP contribution in [0.5, 0.6) is 5.88 Å². The minimum absolute atomic E-state index is 0.129. The molecule has 0 bridgehead atoms. The molecule has 1 amide bonds. The summed E-state index contributed by atoms with van der Waals surface area (Å²) in [6.07, 6.45) is 0.798. The zero-order valence-corrected chi connectivity index (χ0v) is 12.0. The van der Waals surface area contributed by atoms with Crippen molar-refractivity contribution in [2.45, 2.75) is 13.3 Å². The zero-order valence-electron chi connectivity index (χ0n) is 10.4. The fraction of sp³-hybridized carbons (Fsp3) is 0.250. The lowest BCUT2D eigenvalue weighted by Crippen LogP contribution is -2.14. The Balaban J connectivity index is 2.21. The number of nitrogens with zero attached hydrogens (tertiary/aromatic N) is 2. The van der Waals surface area contributed by atoms with Crippen LogP contribution in [0.1, 0.15) is 22.2 Å². The molecule has 0 atom stereocenters. The van der Waals surface area contributed by atoms with Gasteiger partial charge in [-0.3, -0.25) is 10.1 Å². The Labute approximate surface area is 119 Å². The number of carbonyl (C=O) groups is 1. The summed E-state index contributed by atoms with van der Waals surface area (Å²) in [6, 6.07) is 3.40. The van der Waals surface area contributed by atoms with E-state index in [2.05, 4.69) is 15.3 Å². The van der Waals surface area contributed by atoms with Gasteiger partial charge < -0.3 is 4.74 Å². The second-order valence-corrected chi connectivity index (χ2v) is 4.94. The molecule has 2 heterocycles. The molecule has 0 aliphatic heterocycles. The highest BCUT2D eigenvalue weighted by molar-refractivity contribution is 7.12. The summed E-state index contributed by atoms with van der Waals surface area (Å²) < 4.78 is 4.97. The number of hydrogen-bond acceptors (Lipinski definition) is 5. The molecule has 1 N–H and O–H groups in total. The molecule has 5 nitrogen and oxygen atoms in total. The standard InChI is InChI=1S/C12H12ClN3O2S/c1-3-7-4-5-19-10(7)11(17)16-12-14-8(13)6-9(15-12)18-2/h4-6H,3H2,1-2H3,(H,14,15,16,17). The van der Waals surface area contributed by atoms with E-state index in [0.717, 1.165) is 12.0 Å². The predicted octanol–water partition coefficient (Wildman–Crippen LogP) is 3.01. The van der Waals surface area contributed by atoms with E-state index in [1.54, 1.807) is 0 Å². The summed E-state index contributed by atoms with van der Waals surface area (Å²) in [5, 5.41) is 4.71. The highest BCUT2D eigenvalue weighted by Crippen LogP contribution is 2.20. The van der Waals surface area contributed by atoms with Crippen LogP contribution in [0.15, 0.2) is 17.5 Å². The van der Waals surface area contributed by atoms with Crippen molar-refractivity contribution < 1.29 is 9.53 Å².